The molecule has 1 fully saturated rings. The third kappa shape index (κ3) is 4.98. The highest BCUT2D eigenvalue weighted by Gasteiger charge is 2.11. The van der Waals surface area contributed by atoms with Gasteiger partial charge in [-0.1, -0.05) is 0 Å². The Bertz CT molecular complexity index is 704. The average Bonchev–Trinajstić information content (AvgIpc) is 3.19. The Balaban J connectivity index is 1.59. The van der Waals surface area contributed by atoms with Gasteiger partial charge in [0.05, 0.1) is 25.6 Å². The van der Waals surface area contributed by atoms with Crippen molar-refractivity contribution in [2.75, 3.05) is 51.0 Å². The second kappa shape index (κ2) is 9.24. The third-order valence-electron chi connectivity index (χ3n) is 4.44. The lowest BCUT2D eigenvalue weighted by Crippen LogP contribution is -2.21. The highest BCUT2D eigenvalue weighted by molar-refractivity contribution is 5.64. The van der Waals surface area contributed by atoms with Crippen molar-refractivity contribution in [1.82, 2.24) is 15.1 Å². The Hall–Kier alpha value is -2.54. The fourth-order valence-electron chi connectivity index (χ4n) is 3.07. The van der Waals surface area contributed by atoms with Crippen LogP contribution in [-0.4, -0.2) is 55.5 Å². The number of methoxy groups -OCH3 is 1. The molecule has 1 saturated heterocycles. The van der Waals surface area contributed by atoms with Gasteiger partial charge in [-0.05, 0) is 44.5 Å². The van der Waals surface area contributed by atoms with Crippen molar-refractivity contribution in [3.8, 4) is 11.5 Å². The molecular weight excluding hydrogens is 330 g/mol. The van der Waals surface area contributed by atoms with E-state index in [1.54, 1.807) is 13.3 Å². The molecule has 0 bridgehead atoms. The van der Waals surface area contributed by atoms with E-state index in [4.69, 9.17) is 9.47 Å². The highest BCUT2D eigenvalue weighted by atomic mass is 16.5. The molecule has 1 aliphatic heterocycles. The van der Waals surface area contributed by atoms with Crippen LogP contribution < -0.4 is 20.1 Å². The molecule has 140 valence electrons. The summed E-state index contributed by atoms with van der Waals surface area (Å²) < 4.78 is 11.4. The monoisotopic (exact) mass is 357 g/mol. The van der Waals surface area contributed by atoms with Gasteiger partial charge in [-0.15, -0.1) is 5.10 Å². The topological polar surface area (TPSA) is 71.5 Å². The number of anilines is 3. The molecule has 0 aliphatic carbocycles. The molecule has 1 aliphatic rings. The second-order valence-electron chi connectivity index (χ2n) is 6.32. The van der Waals surface area contributed by atoms with Gasteiger partial charge in [-0.25, -0.2) is 0 Å². The first-order valence-corrected chi connectivity index (χ1v) is 9.09. The van der Waals surface area contributed by atoms with Crippen LogP contribution in [0.3, 0.4) is 0 Å². The van der Waals surface area contributed by atoms with E-state index in [-0.39, 0.29) is 0 Å². The lowest BCUT2D eigenvalue weighted by molar-refractivity contribution is 0.254. The summed E-state index contributed by atoms with van der Waals surface area (Å²) in [5.74, 6) is 2.19. The van der Waals surface area contributed by atoms with Gasteiger partial charge in [0, 0.05) is 31.4 Å². The standard InChI is InChI=1S/C19H27N5O2/c1-20-19-13-16(14-21-23-19)22-15-6-7-17(25-2)18(12-15)26-11-5-10-24-8-3-4-9-24/h6-7,12-14H,3-5,8-11H2,1-2H3,(H2,20,22,23). The van der Waals surface area contributed by atoms with Crippen molar-refractivity contribution in [1.29, 1.82) is 0 Å². The molecule has 0 atom stereocenters. The molecule has 0 radical (unpaired) electrons. The van der Waals surface area contributed by atoms with E-state index in [9.17, 15) is 0 Å². The summed E-state index contributed by atoms with van der Waals surface area (Å²) in [5, 5.41) is 14.2. The quantitative estimate of drug-likeness (QED) is 0.668. The molecule has 1 aromatic heterocycles. The van der Waals surface area contributed by atoms with Gasteiger partial charge in [-0.3, -0.25) is 0 Å². The second-order valence-corrected chi connectivity index (χ2v) is 6.32. The third-order valence-corrected chi connectivity index (χ3v) is 4.44. The largest absolute Gasteiger partial charge is 0.493 e. The number of rotatable bonds is 9. The van der Waals surface area contributed by atoms with Crippen LogP contribution in [0.25, 0.3) is 0 Å². The van der Waals surface area contributed by atoms with Crippen LogP contribution in [0.4, 0.5) is 17.2 Å². The fourth-order valence-corrected chi connectivity index (χ4v) is 3.07. The highest BCUT2D eigenvalue weighted by Crippen LogP contribution is 2.31. The molecule has 2 aromatic rings. The molecule has 7 nitrogen and oxygen atoms in total. The summed E-state index contributed by atoms with van der Waals surface area (Å²) in [6.45, 7) is 4.21. The number of hydrogen-bond donors (Lipinski definition) is 2. The van der Waals surface area contributed by atoms with Gasteiger partial charge in [-0.2, -0.15) is 5.10 Å². The van der Waals surface area contributed by atoms with Crippen LogP contribution in [0.1, 0.15) is 19.3 Å². The molecule has 1 aromatic carbocycles. The number of aromatic nitrogens is 2. The maximum atomic E-state index is 5.98. The Morgan fingerprint density at radius 1 is 1.12 bits per heavy atom. The fraction of sp³-hybridized carbons (Fsp3) is 0.474. The summed E-state index contributed by atoms with van der Waals surface area (Å²) in [5.41, 5.74) is 1.77. The SMILES string of the molecule is CNc1cc(Nc2ccc(OC)c(OCCCN3CCCC3)c2)cnn1. The molecule has 0 spiro atoms. The van der Waals surface area contributed by atoms with Gasteiger partial charge in [0.25, 0.3) is 0 Å². The zero-order chi connectivity index (χ0) is 18.2. The van der Waals surface area contributed by atoms with E-state index in [2.05, 4.69) is 25.7 Å². The first kappa shape index (κ1) is 18.3. The Kier molecular flexibility index (Phi) is 6.49. The first-order chi connectivity index (χ1) is 12.8. The van der Waals surface area contributed by atoms with Crippen LogP contribution in [0, 0.1) is 0 Å². The summed E-state index contributed by atoms with van der Waals surface area (Å²) in [6.07, 6.45) is 5.34. The Morgan fingerprint density at radius 2 is 1.96 bits per heavy atom. The molecule has 0 unspecified atom stereocenters. The zero-order valence-corrected chi connectivity index (χ0v) is 15.5. The molecule has 0 saturated carbocycles. The smallest absolute Gasteiger partial charge is 0.163 e. The number of benzene rings is 1. The van der Waals surface area contributed by atoms with Crippen molar-refractivity contribution < 1.29 is 9.47 Å². The van der Waals surface area contributed by atoms with Crippen molar-refractivity contribution in [3.05, 3.63) is 30.5 Å². The van der Waals surface area contributed by atoms with Crippen LogP contribution in [0.5, 0.6) is 11.5 Å². The van der Waals surface area contributed by atoms with Crippen molar-refractivity contribution in [2.24, 2.45) is 0 Å². The minimum absolute atomic E-state index is 0.678. The minimum Gasteiger partial charge on any atom is -0.493 e. The first-order valence-electron chi connectivity index (χ1n) is 9.09. The van der Waals surface area contributed by atoms with E-state index in [0.29, 0.717) is 12.4 Å². The Morgan fingerprint density at radius 3 is 2.73 bits per heavy atom. The summed E-state index contributed by atoms with van der Waals surface area (Å²) in [7, 11) is 3.47. The summed E-state index contributed by atoms with van der Waals surface area (Å²) >= 11 is 0. The van der Waals surface area contributed by atoms with E-state index < -0.39 is 0 Å². The van der Waals surface area contributed by atoms with Gasteiger partial charge in [0.15, 0.2) is 11.5 Å². The van der Waals surface area contributed by atoms with Gasteiger partial charge in [0.2, 0.25) is 0 Å². The normalized spacial score (nSPS) is 14.2. The van der Waals surface area contributed by atoms with E-state index in [1.165, 1.54) is 25.9 Å². The van der Waals surface area contributed by atoms with Crippen LogP contribution in [-0.2, 0) is 0 Å². The van der Waals surface area contributed by atoms with Crippen molar-refractivity contribution in [2.45, 2.75) is 19.3 Å². The number of nitrogens with one attached hydrogen (secondary N) is 2. The van der Waals surface area contributed by atoms with E-state index in [1.807, 2.05) is 31.3 Å². The molecule has 2 heterocycles. The van der Waals surface area contributed by atoms with Crippen LogP contribution >= 0.6 is 0 Å². The number of hydrogen-bond acceptors (Lipinski definition) is 7. The molecule has 0 amide bonds. The lowest BCUT2D eigenvalue weighted by Gasteiger charge is -2.16. The molecule has 7 heteroatoms. The van der Waals surface area contributed by atoms with Crippen LogP contribution in [0.2, 0.25) is 0 Å². The van der Waals surface area contributed by atoms with Crippen molar-refractivity contribution >= 4 is 17.2 Å². The van der Waals surface area contributed by atoms with E-state index >= 15 is 0 Å². The number of ether oxygens (including phenoxy) is 2. The van der Waals surface area contributed by atoms with Crippen molar-refractivity contribution in [3.63, 3.8) is 0 Å². The molecular formula is C19H27N5O2. The zero-order valence-electron chi connectivity index (χ0n) is 15.5. The minimum atomic E-state index is 0.678. The molecule has 2 N–H and O–H groups in total. The summed E-state index contributed by atoms with van der Waals surface area (Å²) in [4.78, 5) is 2.49. The lowest BCUT2D eigenvalue weighted by atomic mass is 10.2. The number of nitrogens with zero attached hydrogens (tertiary/aromatic N) is 3. The molecule has 3 rings (SSSR count). The predicted molar refractivity (Wildman–Crippen MR) is 104 cm³/mol. The van der Waals surface area contributed by atoms with Gasteiger partial charge < -0.3 is 25.0 Å². The summed E-state index contributed by atoms with van der Waals surface area (Å²) in [6, 6.07) is 7.71. The van der Waals surface area contributed by atoms with Crippen LogP contribution in [0.15, 0.2) is 30.5 Å². The molecule has 26 heavy (non-hydrogen) atoms. The maximum absolute atomic E-state index is 5.98. The number of likely N-dealkylation sites (tertiary alicyclic amines) is 1. The maximum Gasteiger partial charge on any atom is 0.163 e. The predicted octanol–water partition coefficient (Wildman–Crippen LogP) is 3.14. The average molecular weight is 357 g/mol. The van der Waals surface area contributed by atoms with E-state index in [0.717, 1.165) is 35.8 Å². The van der Waals surface area contributed by atoms with Gasteiger partial charge >= 0.3 is 0 Å². The Labute approximate surface area is 154 Å². The van der Waals surface area contributed by atoms with Gasteiger partial charge in [0.1, 0.15) is 5.82 Å².